The van der Waals surface area contributed by atoms with E-state index in [-0.39, 0.29) is 22.9 Å². The van der Waals surface area contributed by atoms with Gasteiger partial charge in [-0.25, -0.2) is 0 Å². The third-order valence-electron chi connectivity index (χ3n) is 5.07. The van der Waals surface area contributed by atoms with Crippen molar-refractivity contribution >= 4 is 23.0 Å². The molecule has 10 heteroatoms. The highest BCUT2D eigenvalue weighted by Crippen LogP contribution is 2.37. The number of nitrogens with one attached hydrogen (secondary N) is 2. The zero-order chi connectivity index (χ0) is 25.2. The predicted molar refractivity (Wildman–Crippen MR) is 125 cm³/mol. The van der Waals surface area contributed by atoms with E-state index in [0.29, 0.717) is 24.6 Å². The van der Waals surface area contributed by atoms with Crippen LogP contribution in [0.1, 0.15) is 70.9 Å². The maximum atomic E-state index is 13.1. The summed E-state index contributed by atoms with van der Waals surface area (Å²) in [5.41, 5.74) is -3.12. The minimum atomic E-state index is -4.91. The fourth-order valence-corrected chi connectivity index (χ4v) is 3.78. The molecule has 1 aromatic carbocycles. The molecular formula is C23H35F6N3S. The molecule has 0 aliphatic rings. The first-order valence-electron chi connectivity index (χ1n) is 11.4. The molecule has 3 nitrogen and oxygen atoms in total. The first-order valence-corrected chi connectivity index (χ1v) is 11.8. The lowest BCUT2D eigenvalue weighted by molar-refractivity contribution is -0.143. The number of halogens is 6. The molecule has 190 valence electrons. The van der Waals surface area contributed by atoms with Crippen molar-refractivity contribution in [1.29, 1.82) is 0 Å². The minimum absolute atomic E-state index is 0.000896. The Morgan fingerprint density at radius 2 is 1.39 bits per heavy atom. The van der Waals surface area contributed by atoms with E-state index in [4.69, 9.17) is 12.2 Å². The first kappa shape index (κ1) is 29.5. The number of nitrogens with zero attached hydrogens (tertiary/aromatic N) is 1. The van der Waals surface area contributed by atoms with Crippen molar-refractivity contribution in [1.82, 2.24) is 10.2 Å². The maximum Gasteiger partial charge on any atom is 0.416 e. The predicted octanol–water partition coefficient (Wildman–Crippen LogP) is 7.33. The smallest absolute Gasteiger partial charge is 0.358 e. The number of hydrogen-bond donors (Lipinski definition) is 2. The average Bonchev–Trinajstić information content (AvgIpc) is 2.67. The second-order valence-electron chi connectivity index (χ2n) is 8.73. The van der Waals surface area contributed by atoms with Crippen molar-refractivity contribution < 1.29 is 26.3 Å². The van der Waals surface area contributed by atoms with Crippen LogP contribution in [0.25, 0.3) is 0 Å². The lowest BCUT2D eigenvalue weighted by atomic mass is 10.0. The van der Waals surface area contributed by atoms with E-state index in [0.717, 1.165) is 45.2 Å². The Hall–Kier alpha value is -1.55. The Balaban J connectivity index is 3.01. The zero-order valence-electron chi connectivity index (χ0n) is 19.7. The van der Waals surface area contributed by atoms with E-state index >= 15 is 0 Å². The third kappa shape index (κ3) is 11.4. The molecule has 1 rings (SSSR count). The Labute approximate surface area is 198 Å². The molecule has 1 aromatic rings. The van der Waals surface area contributed by atoms with Crippen LogP contribution in [0.2, 0.25) is 0 Å². The third-order valence-corrected chi connectivity index (χ3v) is 5.29. The van der Waals surface area contributed by atoms with Gasteiger partial charge in [0, 0.05) is 18.3 Å². The molecule has 0 saturated carbocycles. The average molecular weight is 500 g/mol. The van der Waals surface area contributed by atoms with Crippen LogP contribution in [-0.4, -0.2) is 35.7 Å². The van der Waals surface area contributed by atoms with Gasteiger partial charge < -0.3 is 15.5 Å². The summed E-state index contributed by atoms with van der Waals surface area (Å²) >= 11 is 5.26. The van der Waals surface area contributed by atoms with E-state index in [2.05, 4.69) is 43.2 Å². The molecule has 0 saturated heterocycles. The SMILES string of the molecule is CCCCN(CCCC)C[C@@H](CC(C)C)NC(=S)Nc1cc(C(F)(F)F)cc(C(F)(F)F)c1. The molecular weight excluding hydrogens is 464 g/mol. The van der Waals surface area contributed by atoms with Crippen LogP contribution in [0.4, 0.5) is 32.0 Å². The number of anilines is 1. The Bertz CT molecular complexity index is 694. The number of alkyl halides is 6. The summed E-state index contributed by atoms with van der Waals surface area (Å²) in [5, 5.41) is 5.64. The second-order valence-corrected chi connectivity index (χ2v) is 9.14. The van der Waals surface area contributed by atoms with E-state index in [1.807, 2.05) is 0 Å². The number of benzene rings is 1. The van der Waals surface area contributed by atoms with Crippen LogP contribution in [0.5, 0.6) is 0 Å². The number of hydrogen-bond acceptors (Lipinski definition) is 2. The summed E-state index contributed by atoms with van der Waals surface area (Å²) in [6.07, 6.45) is -4.86. The first-order chi connectivity index (χ1) is 15.3. The standard InChI is InChI=1S/C23H35F6N3S/c1-5-7-9-32(10-8-6-2)15-20(11-16(3)4)31-21(33)30-19-13-17(22(24,25)26)12-18(14-19)23(27,28)29/h12-14,16,20H,5-11,15H2,1-4H3,(H2,30,31,33)/t20-/m1/s1. The van der Waals surface area contributed by atoms with Crippen molar-refractivity contribution in [3.63, 3.8) is 0 Å². The molecule has 0 unspecified atom stereocenters. The normalized spacial score (nSPS) is 13.5. The van der Waals surface area contributed by atoms with E-state index < -0.39 is 23.5 Å². The molecule has 0 bridgehead atoms. The van der Waals surface area contributed by atoms with Gasteiger partial charge in [-0.2, -0.15) is 26.3 Å². The van der Waals surface area contributed by atoms with Crippen molar-refractivity contribution in [3.8, 4) is 0 Å². The van der Waals surface area contributed by atoms with Crippen molar-refractivity contribution in [2.45, 2.75) is 78.2 Å². The van der Waals surface area contributed by atoms with Gasteiger partial charge in [0.2, 0.25) is 0 Å². The maximum absolute atomic E-state index is 13.1. The summed E-state index contributed by atoms with van der Waals surface area (Å²) in [6.45, 7) is 10.9. The molecule has 2 N–H and O–H groups in total. The minimum Gasteiger partial charge on any atom is -0.358 e. The number of unbranched alkanes of at least 4 members (excludes halogenated alkanes) is 2. The van der Waals surface area contributed by atoms with Gasteiger partial charge in [-0.05, 0) is 68.7 Å². The highest BCUT2D eigenvalue weighted by molar-refractivity contribution is 7.80. The van der Waals surface area contributed by atoms with Crippen LogP contribution in [0.3, 0.4) is 0 Å². The van der Waals surface area contributed by atoms with Crippen LogP contribution >= 0.6 is 12.2 Å². The van der Waals surface area contributed by atoms with Crippen molar-refractivity contribution in [3.05, 3.63) is 29.3 Å². The van der Waals surface area contributed by atoms with Gasteiger partial charge in [0.25, 0.3) is 0 Å². The molecule has 0 spiro atoms. The second kappa shape index (κ2) is 13.4. The summed E-state index contributed by atoms with van der Waals surface area (Å²) in [6, 6.07) is 1.28. The highest BCUT2D eigenvalue weighted by Gasteiger charge is 2.37. The van der Waals surface area contributed by atoms with Gasteiger partial charge in [0.15, 0.2) is 5.11 Å². The summed E-state index contributed by atoms with van der Waals surface area (Å²) in [7, 11) is 0. The van der Waals surface area contributed by atoms with Crippen LogP contribution in [-0.2, 0) is 12.4 Å². The molecule has 1 atom stereocenters. The lowest BCUT2D eigenvalue weighted by Gasteiger charge is -2.30. The fourth-order valence-electron chi connectivity index (χ4n) is 3.50. The summed E-state index contributed by atoms with van der Waals surface area (Å²) < 4.78 is 78.7. The van der Waals surface area contributed by atoms with Gasteiger partial charge in [-0.15, -0.1) is 0 Å². The van der Waals surface area contributed by atoms with Gasteiger partial charge in [-0.1, -0.05) is 40.5 Å². The molecule has 0 aromatic heterocycles. The molecule has 0 heterocycles. The summed E-state index contributed by atoms with van der Waals surface area (Å²) in [4.78, 5) is 2.34. The summed E-state index contributed by atoms with van der Waals surface area (Å²) in [5.74, 6) is 0.329. The van der Waals surface area contributed by atoms with Crippen molar-refractivity contribution in [2.24, 2.45) is 5.92 Å². The Kier molecular flexibility index (Phi) is 11.9. The van der Waals surface area contributed by atoms with Crippen LogP contribution in [0, 0.1) is 5.92 Å². The molecule has 0 fully saturated rings. The Morgan fingerprint density at radius 3 is 1.79 bits per heavy atom. The number of rotatable bonds is 12. The quantitative estimate of drug-likeness (QED) is 0.233. The lowest BCUT2D eigenvalue weighted by Crippen LogP contribution is -2.46. The molecule has 0 radical (unpaired) electrons. The molecule has 33 heavy (non-hydrogen) atoms. The van der Waals surface area contributed by atoms with Crippen LogP contribution in [0.15, 0.2) is 18.2 Å². The van der Waals surface area contributed by atoms with E-state index in [1.165, 1.54) is 0 Å². The van der Waals surface area contributed by atoms with Gasteiger partial charge in [0.1, 0.15) is 0 Å². The van der Waals surface area contributed by atoms with Crippen LogP contribution < -0.4 is 10.6 Å². The fraction of sp³-hybridized carbons (Fsp3) is 0.696. The number of thiocarbonyl (C=S) groups is 1. The monoisotopic (exact) mass is 499 g/mol. The molecule has 0 aliphatic heterocycles. The van der Waals surface area contributed by atoms with Gasteiger partial charge in [-0.3, -0.25) is 0 Å². The zero-order valence-corrected chi connectivity index (χ0v) is 20.5. The molecule has 0 aliphatic carbocycles. The van der Waals surface area contributed by atoms with E-state index in [1.54, 1.807) is 0 Å². The largest absolute Gasteiger partial charge is 0.416 e. The van der Waals surface area contributed by atoms with Gasteiger partial charge >= 0.3 is 12.4 Å². The highest BCUT2D eigenvalue weighted by atomic mass is 32.1. The van der Waals surface area contributed by atoms with E-state index in [9.17, 15) is 26.3 Å². The van der Waals surface area contributed by atoms with Crippen molar-refractivity contribution in [2.75, 3.05) is 25.0 Å². The topological polar surface area (TPSA) is 27.3 Å². The molecule has 0 amide bonds. The van der Waals surface area contributed by atoms with Gasteiger partial charge in [0.05, 0.1) is 11.1 Å². The Morgan fingerprint density at radius 1 is 0.909 bits per heavy atom.